The molecule has 2 rings (SSSR count). The number of nitrogens with zero attached hydrogens (tertiary/aromatic N) is 1. The number of benzene rings is 1. The van der Waals surface area contributed by atoms with E-state index in [1.54, 1.807) is 12.1 Å². The van der Waals surface area contributed by atoms with Crippen LogP contribution in [0.1, 0.15) is 45.1 Å². The molecule has 1 aromatic rings. The molecule has 148 valence electrons. The molecule has 1 aliphatic heterocycles. The van der Waals surface area contributed by atoms with Crippen molar-refractivity contribution in [2.75, 3.05) is 19.6 Å². The van der Waals surface area contributed by atoms with Gasteiger partial charge in [0, 0.05) is 31.6 Å². The Labute approximate surface area is 163 Å². The molecule has 1 saturated heterocycles. The molecule has 1 atom stereocenters. The Kier molecular flexibility index (Phi) is 8.53. The Bertz CT molecular complexity index is 684. The van der Waals surface area contributed by atoms with Crippen molar-refractivity contribution >= 4 is 28.3 Å². The number of rotatable bonds is 6. The van der Waals surface area contributed by atoms with Gasteiger partial charge in [0.25, 0.3) is 0 Å². The first-order chi connectivity index (χ1) is 11.8. The quantitative estimate of drug-likeness (QED) is 0.760. The van der Waals surface area contributed by atoms with Gasteiger partial charge in [-0.3, -0.25) is 4.79 Å². The number of carbonyl (C=O) groups excluding carboxylic acids is 1. The monoisotopic (exact) mass is 403 g/mol. The average molecular weight is 404 g/mol. The van der Waals surface area contributed by atoms with Crippen LogP contribution in [-0.2, 0) is 14.8 Å². The summed E-state index contributed by atoms with van der Waals surface area (Å²) in [6, 6.07) is 7.02. The second-order valence-corrected chi connectivity index (χ2v) is 8.99. The summed E-state index contributed by atoms with van der Waals surface area (Å²) in [5, 5.41) is 2.87. The molecule has 0 unspecified atom stereocenters. The third-order valence-corrected chi connectivity index (χ3v) is 6.66. The van der Waals surface area contributed by atoms with Gasteiger partial charge in [-0.1, -0.05) is 26.0 Å². The van der Waals surface area contributed by atoms with E-state index in [9.17, 15) is 13.2 Å². The van der Waals surface area contributed by atoms with Gasteiger partial charge in [-0.05, 0) is 43.4 Å². The zero-order valence-corrected chi connectivity index (χ0v) is 17.3. The van der Waals surface area contributed by atoms with E-state index >= 15 is 0 Å². The second-order valence-electron chi connectivity index (χ2n) is 7.05. The van der Waals surface area contributed by atoms with Crippen molar-refractivity contribution in [2.24, 2.45) is 11.7 Å². The van der Waals surface area contributed by atoms with Crippen LogP contribution < -0.4 is 11.1 Å². The summed E-state index contributed by atoms with van der Waals surface area (Å²) in [6.07, 6.45) is 1.07. The number of halogens is 1. The van der Waals surface area contributed by atoms with Gasteiger partial charge in [-0.15, -0.1) is 12.4 Å². The molecule has 1 fully saturated rings. The third kappa shape index (κ3) is 5.42. The van der Waals surface area contributed by atoms with Crippen LogP contribution in [0.25, 0.3) is 0 Å². The first-order valence-electron chi connectivity index (χ1n) is 8.86. The maximum atomic E-state index is 12.8. The van der Waals surface area contributed by atoms with Crippen LogP contribution in [0.15, 0.2) is 29.2 Å². The highest BCUT2D eigenvalue weighted by atomic mass is 35.5. The molecule has 26 heavy (non-hydrogen) atoms. The molecule has 1 aliphatic rings. The maximum absolute atomic E-state index is 12.8. The molecule has 0 saturated carbocycles. The molecule has 0 spiro atoms. The minimum absolute atomic E-state index is 0. The van der Waals surface area contributed by atoms with E-state index in [2.05, 4.69) is 19.2 Å². The molecule has 6 nitrogen and oxygen atoms in total. The summed E-state index contributed by atoms with van der Waals surface area (Å²) < 4.78 is 27.0. The Morgan fingerprint density at radius 3 is 2.19 bits per heavy atom. The van der Waals surface area contributed by atoms with Gasteiger partial charge in [-0.2, -0.15) is 4.31 Å². The van der Waals surface area contributed by atoms with E-state index in [4.69, 9.17) is 5.73 Å². The van der Waals surface area contributed by atoms with Crippen molar-refractivity contribution in [3.8, 4) is 0 Å². The standard InChI is InChI=1S/C18H29N3O3S.ClH/c1-13(2)15-4-6-17(7-5-15)25(23,24)21-10-8-16(9-11-21)18(22)20-14(3)12-19;/h4-7,13-14,16H,8-12,19H2,1-3H3,(H,20,22);1H/t14-;/m0./s1. The lowest BCUT2D eigenvalue weighted by atomic mass is 9.97. The molecule has 0 radical (unpaired) electrons. The summed E-state index contributed by atoms with van der Waals surface area (Å²) in [5.41, 5.74) is 6.63. The highest BCUT2D eigenvalue weighted by molar-refractivity contribution is 7.89. The Balaban J connectivity index is 0.00000338. The lowest BCUT2D eigenvalue weighted by Crippen LogP contribution is -2.46. The van der Waals surface area contributed by atoms with Gasteiger partial charge < -0.3 is 11.1 Å². The number of nitrogens with one attached hydrogen (secondary N) is 1. The second kappa shape index (κ2) is 9.69. The molecule has 0 aliphatic carbocycles. The van der Waals surface area contributed by atoms with Gasteiger partial charge in [-0.25, -0.2) is 8.42 Å². The lowest BCUT2D eigenvalue weighted by Gasteiger charge is -2.31. The number of carbonyl (C=O) groups is 1. The SMILES string of the molecule is CC(C)c1ccc(S(=O)(=O)N2CCC(C(=O)N[C@@H](C)CN)CC2)cc1.Cl. The number of amides is 1. The normalized spacial score (nSPS) is 17.6. The number of hydrogen-bond donors (Lipinski definition) is 2. The van der Waals surface area contributed by atoms with E-state index in [0.29, 0.717) is 43.3 Å². The fraction of sp³-hybridized carbons (Fsp3) is 0.611. The first-order valence-corrected chi connectivity index (χ1v) is 10.3. The highest BCUT2D eigenvalue weighted by Crippen LogP contribution is 2.25. The number of hydrogen-bond acceptors (Lipinski definition) is 4. The van der Waals surface area contributed by atoms with Crippen LogP contribution in [-0.4, -0.2) is 44.3 Å². The molecular weight excluding hydrogens is 374 g/mol. The Morgan fingerprint density at radius 1 is 1.19 bits per heavy atom. The van der Waals surface area contributed by atoms with Crippen molar-refractivity contribution in [3.63, 3.8) is 0 Å². The number of piperidine rings is 1. The summed E-state index contributed by atoms with van der Waals surface area (Å²) in [5.74, 6) is 0.182. The van der Waals surface area contributed by atoms with Gasteiger partial charge in [0.05, 0.1) is 4.90 Å². The van der Waals surface area contributed by atoms with Gasteiger partial charge >= 0.3 is 0 Å². The molecule has 8 heteroatoms. The Hall–Kier alpha value is -1.15. The largest absolute Gasteiger partial charge is 0.352 e. The predicted octanol–water partition coefficient (Wildman–Crippen LogP) is 2.10. The molecule has 1 amide bonds. The topological polar surface area (TPSA) is 92.5 Å². The molecule has 0 aromatic heterocycles. The van der Waals surface area contributed by atoms with E-state index in [-0.39, 0.29) is 30.3 Å². The minimum Gasteiger partial charge on any atom is -0.352 e. The van der Waals surface area contributed by atoms with Gasteiger partial charge in [0.15, 0.2) is 0 Å². The molecule has 1 aromatic carbocycles. The number of nitrogens with two attached hydrogens (primary N) is 1. The van der Waals surface area contributed by atoms with Crippen LogP contribution in [0.2, 0.25) is 0 Å². The van der Waals surface area contributed by atoms with E-state index in [1.165, 1.54) is 4.31 Å². The van der Waals surface area contributed by atoms with Crippen LogP contribution in [0.3, 0.4) is 0 Å². The highest BCUT2D eigenvalue weighted by Gasteiger charge is 2.32. The van der Waals surface area contributed by atoms with Gasteiger partial charge in [0.2, 0.25) is 15.9 Å². The smallest absolute Gasteiger partial charge is 0.243 e. The van der Waals surface area contributed by atoms with Gasteiger partial charge in [0.1, 0.15) is 0 Å². The molecule has 0 bridgehead atoms. The molecule has 1 heterocycles. The number of sulfonamides is 1. The lowest BCUT2D eigenvalue weighted by molar-refractivity contribution is -0.126. The van der Waals surface area contributed by atoms with Crippen LogP contribution in [0, 0.1) is 5.92 Å². The van der Waals surface area contributed by atoms with Crippen molar-refractivity contribution in [1.82, 2.24) is 9.62 Å². The molecule has 3 N–H and O–H groups in total. The predicted molar refractivity (Wildman–Crippen MR) is 106 cm³/mol. The van der Waals surface area contributed by atoms with Crippen molar-refractivity contribution in [2.45, 2.75) is 50.5 Å². The zero-order chi connectivity index (χ0) is 18.6. The molecular formula is C18H30ClN3O3S. The van der Waals surface area contributed by atoms with E-state index in [1.807, 2.05) is 19.1 Å². The maximum Gasteiger partial charge on any atom is 0.243 e. The van der Waals surface area contributed by atoms with Crippen LogP contribution in [0.4, 0.5) is 0 Å². The fourth-order valence-electron chi connectivity index (χ4n) is 2.95. The summed E-state index contributed by atoms with van der Waals surface area (Å²) in [4.78, 5) is 12.5. The summed E-state index contributed by atoms with van der Waals surface area (Å²) in [7, 11) is -3.50. The van der Waals surface area contributed by atoms with Crippen LogP contribution >= 0.6 is 12.4 Å². The van der Waals surface area contributed by atoms with Crippen molar-refractivity contribution in [1.29, 1.82) is 0 Å². The van der Waals surface area contributed by atoms with E-state index < -0.39 is 10.0 Å². The fourth-order valence-corrected chi connectivity index (χ4v) is 4.42. The summed E-state index contributed by atoms with van der Waals surface area (Å²) >= 11 is 0. The van der Waals surface area contributed by atoms with Crippen LogP contribution in [0.5, 0.6) is 0 Å². The van der Waals surface area contributed by atoms with Crippen molar-refractivity contribution in [3.05, 3.63) is 29.8 Å². The zero-order valence-electron chi connectivity index (χ0n) is 15.6. The third-order valence-electron chi connectivity index (χ3n) is 4.75. The first kappa shape index (κ1) is 22.9. The summed E-state index contributed by atoms with van der Waals surface area (Å²) in [6.45, 7) is 7.13. The van der Waals surface area contributed by atoms with Crippen molar-refractivity contribution < 1.29 is 13.2 Å². The average Bonchev–Trinajstić information content (AvgIpc) is 2.61. The van der Waals surface area contributed by atoms with E-state index in [0.717, 1.165) is 5.56 Å². The minimum atomic E-state index is -3.50. The Morgan fingerprint density at radius 2 is 1.73 bits per heavy atom.